The fourth-order valence-corrected chi connectivity index (χ4v) is 5.52. The van der Waals surface area contributed by atoms with Crippen molar-refractivity contribution >= 4 is 44.8 Å². The van der Waals surface area contributed by atoms with E-state index in [1.54, 1.807) is 6.92 Å². The Morgan fingerprint density at radius 2 is 1.61 bits per heavy atom. The molecule has 1 aromatic heterocycles. The summed E-state index contributed by atoms with van der Waals surface area (Å²) < 4.78 is 25.8. The van der Waals surface area contributed by atoms with Crippen LogP contribution in [0, 0.1) is 0 Å². The summed E-state index contributed by atoms with van der Waals surface area (Å²) in [6, 6.07) is 14.6. The fourth-order valence-electron chi connectivity index (χ4n) is 4.28. The number of carbonyl (C=O) groups is 3. The summed E-state index contributed by atoms with van der Waals surface area (Å²) in [6.45, 7) is 9.85. The number of rotatable bonds is 15. The SMILES string of the molecule is C=C(C)CNC(=O)[C@H](C)NC[C@H](Cc1ccccc1)NC(=O)c1cc(C(=O)NC(C)c2ccsc2)cc(N(C)S(C)(=O)=O)c1. The second-order valence-electron chi connectivity index (χ2n) is 10.9. The number of nitrogens with one attached hydrogen (secondary N) is 4. The normalized spacial score (nSPS) is 13.3. The van der Waals surface area contributed by atoms with Crippen molar-refractivity contribution in [1.29, 1.82) is 0 Å². The Bertz CT molecular complexity index is 1560. The molecule has 3 rings (SSSR count). The van der Waals surface area contributed by atoms with Crippen LogP contribution in [0.3, 0.4) is 0 Å². The lowest BCUT2D eigenvalue weighted by molar-refractivity contribution is -0.122. The van der Waals surface area contributed by atoms with Crippen LogP contribution in [0.2, 0.25) is 0 Å². The van der Waals surface area contributed by atoms with Gasteiger partial charge in [0.15, 0.2) is 0 Å². The highest BCUT2D eigenvalue weighted by Gasteiger charge is 2.22. The summed E-state index contributed by atoms with van der Waals surface area (Å²) in [5.74, 6) is -1.13. The van der Waals surface area contributed by atoms with E-state index < -0.39 is 33.9 Å². The van der Waals surface area contributed by atoms with Gasteiger partial charge in [-0.2, -0.15) is 11.3 Å². The van der Waals surface area contributed by atoms with Gasteiger partial charge in [-0.3, -0.25) is 18.7 Å². The molecule has 0 spiro atoms. The molecule has 1 unspecified atom stereocenters. The van der Waals surface area contributed by atoms with Gasteiger partial charge >= 0.3 is 0 Å². The Labute approximate surface area is 264 Å². The van der Waals surface area contributed by atoms with Crippen LogP contribution >= 0.6 is 11.3 Å². The molecule has 0 saturated heterocycles. The Hall–Kier alpha value is -4.00. The van der Waals surface area contributed by atoms with Crippen molar-refractivity contribution in [3.63, 3.8) is 0 Å². The standard InChI is InChI=1S/C32H41N5O5S2/c1-21(2)18-34-30(38)23(4)33-19-28(14-24-10-8-7-9-11-24)36-32(40)27-15-26(16-29(17-27)37(5)44(6,41)42)31(39)35-22(3)25-12-13-43-20-25/h7-13,15-17,20,22-23,28,33H,1,14,18-19H2,2-6H3,(H,34,38)(H,35,39)(H,36,40)/t22?,23-,28-/m0/s1. The van der Waals surface area contributed by atoms with Crippen molar-refractivity contribution < 1.29 is 22.8 Å². The van der Waals surface area contributed by atoms with E-state index in [4.69, 9.17) is 0 Å². The molecule has 10 nitrogen and oxygen atoms in total. The number of benzene rings is 2. The van der Waals surface area contributed by atoms with Crippen LogP contribution in [0.5, 0.6) is 0 Å². The number of anilines is 1. The lowest BCUT2D eigenvalue weighted by Crippen LogP contribution is -2.49. The maximum Gasteiger partial charge on any atom is 0.251 e. The Morgan fingerprint density at radius 3 is 2.18 bits per heavy atom. The number of hydrogen-bond acceptors (Lipinski definition) is 7. The Kier molecular flexibility index (Phi) is 12.3. The second kappa shape index (κ2) is 15.6. The number of amides is 3. The highest BCUT2D eigenvalue weighted by atomic mass is 32.2. The molecule has 0 saturated carbocycles. The van der Waals surface area contributed by atoms with E-state index >= 15 is 0 Å². The highest BCUT2D eigenvalue weighted by molar-refractivity contribution is 7.92. The van der Waals surface area contributed by atoms with E-state index in [2.05, 4.69) is 27.8 Å². The van der Waals surface area contributed by atoms with E-state index in [1.165, 1.54) is 36.6 Å². The van der Waals surface area contributed by atoms with Crippen LogP contribution in [0.4, 0.5) is 5.69 Å². The van der Waals surface area contributed by atoms with Gasteiger partial charge in [0.25, 0.3) is 11.8 Å². The maximum absolute atomic E-state index is 13.7. The van der Waals surface area contributed by atoms with Crippen LogP contribution in [0.15, 0.2) is 77.5 Å². The van der Waals surface area contributed by atoms with Gasteiger partial charge in [-0.25, -0.2) is 8.42 Å². The predicted octanol–water partition coefficient (Wildman–Crippen LogP) is 3.65. The third-order valence-corrected chi connectivity index (χ3v) is 8.89. The van der Waals surface area contributed by atoms with Crippen LogP contribution in [-0.4, -0.2) is 64.6 Å². The van der Waals surface area contributed by atoms with Gasteiger partial charge in [0.2, 0.25) is 15.9 Å². The first kappa shape index (κ1) is 34.5. The average molecular weight is 640 g/mol. The molecule has 3 atom stereocenters. The van der Waals surface area contributed by atoms with Crippen molar-refractivity contribution in [1.82, 2.24) is 21.3 Å². The first-order chi connectivity index (χ1) is 20.7. The average Bonchev–Trinajstić information content (AvgIpc) is 3.53. The number of nitrogens with zero attached hydrogens (tertiary/aromatic N) is 1. The van der Waals surface area contributed by atoms with E-state index in [0.717, 1.165) is 27.3 Å². The molecule has 0 aliphatic rings. The first-order valence-electron chi connectivity index (χ1n) is 14.2. The molecule has 0 bridgehead atoms. The molecule has 236 valence electrons. The van der Waals surface area contributed by atoms with E-state index in [9.17, 15) is 22.8 Å². The zero-order valence-corrected chi connectivity index (χ0v) is 27.3. The van der Waals surface area contributed by atoms with Crippen molar-refractivity contribution in [3.05, 3.63) is 99.8 Å². The molecule has 12 heteroatoms. The summed E-state index contributed by atoms with van der Waals surface area (Å²) in [5.41, 5.74) is 3.19. The highest BCUT2D eigenvalue weighted by Crippen LogP contribution is 2.22. The van der Waals surface area contributed by atoms with Gasteiger partial charge in [0.1, 0.15) is 0 Å². The van der Waals surface area contributed by atoms with Crippen LogP contribution in [0.1, 0.15) is 58.7 Å². The zero-order valence-electron chi connectivity index (χ0n) is 25.7. The molecule has 2 aromatic carbocycles. The third-order valence-electron chi connectivity index (χ3n) is 6.98. The summed E-state index contributed by atoms with van der Waals surface area (Å²) >= 11 is 1.51. The minimum Gasteiger partial charge on any atom is -0.351 e. The second-order valence-corrected chi connectivity index (χ2v) is 13.7. The van der Waals surface area contributed by atoms with Crippen LogP contribution < -0.4 is 25.6 Å². The van der Waals surface area contributed by atoms with E-state index in [0.29, 0.717) is 13.0 Å². The number of thiophene rings is 1. The van der Waals surface area contributed by atoms with Gasteiger partial charge in [-0.15, -0.1) is 0 Å². The molecule has 4 N–H and O–H groups in total. The van der Waals surface area contributed by atoms with Crippen molar-refractivity contribution in [2.75, 3.05) is 30.7 Å². The van der Waals surface area contributed by atoms with Crippen molar-refractivity contribution in [3.8, 4) is 0 Å². The van der Waals surface area contributed by atoms with Gasteiger partial charge < -0.3 is 21.3 Å². The minimum absolute atomic E-state index is 0.122. The first-order valence-corrected chi connectivity index (χ1v) is 17.0. The van der Waals surface area contributed by atoms with Crippen LogP contribution in [0.25, 0.3) is 0 Å². The molecule has 44 heavy (non-hydrogen) atoms. The lowest BCUT2D eigenvalue weighted by Gasteiger charge is -2.23. The van der Waals surface area contributed by atoms with Gasteiger partial charge in [-0.05, 0) is 73.3 Å². The largest absolute Gasteiger partial charge is 0.351 e. The Balaban J connectivity index is 1.87. The smallest absolute Gasteiger partial charge is 0.251 e. The third kappa shape index (κ3) is 10.3. The predicted molar refractivity (Wildman–Crippen MR) is 177 cm³/mol. The molecular weight excluding hydrogens is 599 g/mol. The summed E-state index contributed by atoms with van der Waals surface area (Å²) in [7, 11) is -2.32. The van der Waals surface area contributed by atoms with Gasteiger partial charge in [0, 0.05) is 37.3 Å². The Morgan fingerprint density at radius 1 is 0.977 bits per heavy atom. The van der Waals surface area contributed by atoms with Gasteiger partial charge in [0.05, 0.1) is 24.0 Å². The maximum atomic E-state index is 13.7. The number of hydrogen-bond donors (Lipinski definition) is 4. The van der Waals surface area contributed by atoms with E-state index in [1.807, 2.05) is 61.0 Å². The molecule has 3 aromatic rings. The molecule has 3 amide bonds. The molecule has 0 aliphatic carbocycles. The quantitative estimate of drug-likeness (QED) is 0.188. The lowest BCUT2D eigenvalue weighted by atomic mass is 10.0. The summed E-state index contributed by atoms with van der Waals surface area (Å²) in [4.78, 5) is 39.5. The summed E-state index contributed by atoms with van der Waals surface area (Å²) in [6.07, 6.45) is 1.52. The van der Waals surface area contributed by atoms with Crippen molar-refractivity contribution in [2.24, 2.45) is 0 Å². The zero-order chi connectivity index (χ0) is 32.4. The monoisotopic (exact) mass is 639 g/mol. The summed E-state index contributed by atoms with van der Waals surface area (Å²) in [5, 5.41) is 15.8. The molecule has 0 fully saturated rings. The van der Waals surface area contributed by atoms with E-state index in [-0.39, 0.29) is 35.3 Å². The number of carbonyl (C=O) groups excluding carboxylic acids is 3. The van der Waals surface area contributed by atoms with Gasteiger partial charge in [-0.1, -0.05) is 42.5 Å². The molecule has 1 heterocycles. The number of sulfonamides is 1. The van der Waals surface area contributed by atoms with Crippen LogP contribution in [-0.2, 0) is 21.2 Å². The molecular formula is C32H41N5O5S2. The molecule has 0 radical (unpaired) electrons. The molecule has 0 aliphatic heterocycles. The fraction of sp³-hybridized carbons (Fsp3) is 0.344. The minimum atomic E-state index is -3.68. The topological polar surface area (TPSA) is 137 Å². The van der Waals surface area contributed by atoms with Crippen molar-refractivity contribution in [2.45, 2.75) is 45.3 Å².